The summed E-state index contributed by atoms with van der Waals surface area (Å²) in [6.07, 6.45) is 3.90. The van der Waals surface area contributed by atoms with Crippen LogP contribution in [0.1, 0.15) is 41.0 Å². The molecule has 20 heavy (non-hydrogen) atoms. The molecule has 0 bridgehead atoms. The van der Waals surface area contributed by atoms with E-state index in [0.29, 0.717) is 0 Å². The summed E-state index contributed by atoms with van der Waals surface area (Å²) in [6.45, 7) is 9.36. The molecule has 112 valence electrons. The first-order chi connectivity index (χ1) is 9.18. The second-order valence-electron chi connectivity index (χ2n) is 5.88. The van der Waals surface area contributed by atoms with Crippen LogP contribution in [0.4, 0.5) is 5.82 Å². The maximum atomic E-state index is 12.5. The van der Waals surface area contributed by atoms with Crippen molar-refractivity contribution < 1.29 is 9.90 Å². The summed E-state index contributed by atoms with van der Waals surface area (Å²) >= 11 is 0. The Morgan fingerprint density at radius 2 is 2.10 bits per heavy atom. The summed E-state index contributed by atoms with van der Waals surface area (Å²) in [4.78, 5) is 29.2. The zero-order chi connectivity index (χ0) is 15.5. The second kappa shape index (κ2) is 6.07. The molecule has 1 heterocycles. The predicted molar refractivity (Wildman–Crippen MR) is 78.2 cm³/mol. The fourth-order valence-electron chi connectivity index (χ4n) is 1.93. The van der Waals surface area contributed by atoms with Gasteiger partial charge in [0.1, 0.15) is 6.54 Å². The van der Waals surface area contributed by atoms with Crippen LogP contribution in [0, 0.1) is 0 Å². The fourth-order valence-corrected chi connectivity index (χ4v) is 1.93. The van der Waals surface area contributed by atoms with E-state index in [9.17, 15) is 9.59 Å². The highest BCUT2D eigenvalue weighted by atomic mass is 16.4. The molecule has 0 fully saturated rings. The van der Waals surface area contributed by atoms with Gasteiger partial charge in [-0.2, -0.15) is 0 Å². The number of rotatable bonds is 5. The Morgan fingerprint density at radius 3 is 2.55 bits per heavy atom. The maximum absolute atomic E-state index is 12.5. The monoisotopic (exact) mass is 281 g/mol. The molecule has 0 radical (unpaired) electrons. The van der Waals surface area contributed by atoms with Crippen LogP contribution in [-0.4, -0.2) is 33.2 Å². The van der Waals surface area contributed by atoms with Crippen LogP contribution >= 0.6 is 0 Å². The Balaban J connectivity index is 3.35. The van der Waals surface area contributed by atoms with Crippen LogP contribution in [0.3, 0.4) is 0 Å². The van der Waals surface area contributed by atoms with E-state index in [1.54, 1.807) is 21.9 Å². The Morgan fingerprint density at radius 1 is 1.50 bits per heavy atom. The van der Waals surface area contributed by atoms with Gasteiger partial charge in [0.25, 0.3) is 5.56 Å². The summed E-state index contributed by atoms with van der Waals surface area (Å²) < 4.78 is 1.58. The van der Waals surface area contributed by atoms with E-state index in [1.807, 2.05) is 34.6 Å². The third kappa shape index (κ3) is 3.59. The number of carboxylic acid groups (broad SMARTS) is 1. The highest BCUT2D eigenvalue weighted by molar-refractivity contribution is 5.73. The van der Waals surface area contributed by atoms with Gasteiger partial charge in [0.05, 0.1) is 0 Å². The van der Waals surface area contributed by atoms with Gasteiger partial charge in [0, 0.05) is 24.0 Å². The first-order valence-corrected chi connectivity index (χ1v) is 6.75. The van der Waals surface area contributed by atoms with Crippen molar-refractivity contribution in [3.05, 3.63) is 22.7 Å². The first-order valence-electron chi connectivity index (χ1n) is 6.75. The van der Waals surface area contributed by atoms with Crippen molar-refractivity contribution in [2.24, 2.45) is 0 Å². The molecule has 1 aromatic rings. The van der Waals surface area contributed by atoms with Crippen LogP contribution in [-0.2, 0) is 10.3 Å². The third-order valence-electron chi connectivity index (χ3n) is 3.25. The molecule has 0 amide bonds. The van der Waals surface area contributed by atoms with Crippen molar-refractivity contribution >= 4 is 11.8 Å². The Hall–Kier alpha value is -1.85. The molecule has 1 aromatic heterocycles. The van der Waals surface area contributed by atoms with Gasteiger partial charge in [0.15, 0.2) is 5.82 Å². The number of aliphatic carboxylic acids is 1. The largest absolute Gasteiger partial charge is 0.480 e. The minimum absolute atomic E-state index is 0.0675. The van der Waals surface area contributed by atoms with E-state index < -0.39 is 5.97 Å². The topological polar surface area (TPSA) is 75.4 Å². The lowest BCUT2D eigenvalue weighted by Crippen LogP contribution is -2.44. The second-order valence-corrected chi connectivity index (χ2v) is 5.88. The average Bonchev–Trinajstić information content (AvgIpc) is 2.34. The normalized spacial score (nSPS) is 13.1. The van der Waals surface area contributed by atoms with Gasteiger partial charge in [-0.15, -0.1) is 0 Å². The minimum Gasteiger partial charge on any atom is -0.480 e. The number of aromatic nitrogens is 2. The molecule has 0 saturated heterocycles. The molecule has 1 N–H and O–H groups in total. The smallest absolute Gasteiger partial charge is 0.323 e. The van der Waals surface area contributed by atoms with Gasteiger partial charge in [-0.05, 0) is 34.1 Å². The number of nitrogens with zero attached hydrogens (tertiary/aromatic N) is 3. The van der Waals surface area contributed by atoms with Crippen LogP contribution in [0.25, 0.3) is 0 Å². The molecular formula is C14H23N3O3. The van der Waals surface area contributed by atoms with Crippen molar-refractivity contribution in [1.29, 1.82) is 0 Å². The van der Waals surface area contributed by atoms with Gasteiger partial charge in [0.2, 0.25) is 0 Å². The standard InChI is InChI=1S/C14H23N3O3/c1-6-10(2)16(9-11(18)19)12-13(20)17(8-7-15-12)14(3,4)5/h7-8,10H,6,9H2,1-5H3,(H,18,19). The first kappa shape index (κ1) is 16.2. The zero-order valence-electron chi connectivity index (χ0n) is 12.8. The third-order valence-corrected chi connectivity index (χ3v) is 3.25. The maximum Gasteiger partial charge on any atom is 0.323 e. The molecule has 6 heteroatoms. The van der Waals surface area contributed by atoms with Crippen molar-refractivity contribution in [3.8, 4) is 0 Å². The summed E-state index contributed by atoms with van der Waals surface area (Å²) in [5, 5.41) is 9.03. The Labute approximate surface area is 119 Å². The van der Waals surface area contributed by atoms with Crippen LogP contribution in [0.2, 0.25) is 0 Å². The number of hydrogen-bond donors (Lipinski definition) is 1. The molecule has 1 unspecified atom stereocenters. The number of hydrogen-bond acceptors (Lipinski definition) is 4. The van der Waals surface area contributed by atoms with Crippen LogP contribution in [0.15, 0.2) is 17.2 Å². The molecule has 1 atom stereocenters. The quantitative estimate of drug-likeness (QED) is 0.889. The number of anilines is 1. The molecule has 0 spiro atoms. The lowest BCUT2D eigenvalue weighted by Gasteiger charge is -2.29. The molecule has 0 aliphatic heterocycles. The molecule has 6 nitrogen and oxygen atoms in total. The van der Waals surface area contributed by atoms with E-state index in [1.165, 1.54) is 0 Å². The lowest BCUT2D eigenvalue weighted by atomic mass is 10.1. The van der Waals surface area contributed by atoms with E-state index in [0.717, 1.165) is 6.42 Å². The van der Waals surface area contributed by atoms with Crippen molar-refractivity contribution in [3.63, 3.8) is 0 Å². The van der Waals surface area contributed by atoms with Crippen molar-refractivity contribution in [2.45, 2.75) is 52.6 Å². The van der Waals surface area contributed by atoms with Crippen LogP contribution < -0.4 is 10.5 Å². The lowest BCUT2D eigenvalue weighted by molar-refractivity contribution is -0.135. The van der Waals surface area contributed by atoms with E-state index in [-0.39, 0.29) is 29.5 Å². The number of carboxylic acids is 1. The summed E-state index contributed by atoms with van der Waals surface area (Å²) in [6, 6.07) is -0.0675. The summed E-state index contributed by atoms with van der Waals surface area (Å²) in [5.41, 5.74) is -0.638. The molecule has 0 aromatic carbocycles. The highest BCUT2D eigenvalue weighted by Crippen LogP contribution is 2.15. The summed E-state index contributed by atoms with van der Waals surface area (Å²) in [7, 11) is 0. The fraction of sp³-hybridized carbons (Fsp3) is 0.643. The highest BCUT2D eigenvalue weighted by Gasteiger charge is 2.23. The Kier molecular flexibility index (Phi) is 4.92. The van der Waals surface area contributed by atoms with E-state index >= 15 is 0 Å². The van der Waals surface area contributed by atoms with E-state index in [2.05, 4.69) is 4.98 Å². The SMILES string of the molecule is CCC(C)N(CC(=O)O)c1nccn(C(C)(C)C)c1=O. The number of carbonyl (C=O) groups is 1. The van der Waals surface area contributed by atoms with Gasteiger partial charge in [-0.1, -0.05) is 6.92 Å². The van der Waals surface area contributed by atoms with Gasteiger partial charge >= 0.3 is 5.97 Å². The molecular weight excluding hydrogens is 258 g/mol. The summed E-state index contributed by atoms with van der Waals surface area (Å²) in [5.74, 6) is -0.781. The average molecular weight is 281 g/mol. The predicted octanol–water partition coefficient (Wildman–Crippen LogP) is 1.69. The molecule has 0 saturated carbocycles. The molecule has 0 aliphatic carbocycles. The van der Waals surface area contributed by atoms with Gasteiger partial charge < -0.3 is 14.6 Å². The molecule has 0 aliphatic rings. The van der Waals surface area contributed by atoms with E-state index in [4.69, 9.17) is 5.11 Å². The van der Waals surface area contributed by atoms with Gasteiger partial charge in [-0.25, -0.2) is 4.98 Å². The Bertz CT molecular complexity index is 531. The minimum atomic E-state index is -0.974. The van der Waals surface area contributed by atoms with Crippen LogP contribution in [0.5, 0.6) is 0 Å². The zero-order valence-corrected chi connectivity index (χ0v) is 12.8. The van der Waals surface area contributed by atoms with Gasteiger partial charge in [-0.3, -0.25) is 9.59 Å². The molecule has 1 rings (SSSR count). The van der Waals surface area contributed by atoms with Crippen molar-refractivity contribution in [1.82, 2.24) is 9.55 Å². The van der Waals surface area contributed by atoms with Crippen molar-refractivity contribution in [2.75, 3.05) is 11.4 Å².